The quantitative estimate of drug-likeness (QED) is 0.0803. The molecule has 62 heavy (non-hydrogen) atoms. The van der Waals surface area contributed by atoms with E-state index in [1.807, 2.05) is 31.4 Å². The molecule has 17 heteroatoms. The molecule has 3 aromatic heterocycles. The number of piperazine rings is 1. The smallest absolute Gasteiger partial charge is 0.254 e. The van der Waals surface area contributed by atoms with E-state index in [0.717, 1.165) is 68.3 Å². The van der Waals surface area contributed by atoms with Crippen LogP contribution in [0.25, 0.3) is 16.9 Å². The van der Waals surface area contributed by atoms with Gasteiger partial charge in [-0.15, -0.1) is 0 Å². The third-order valence-electron chi connectivity index (χ3n) is 12.1. The molecule has 7 rings (SSSR count). The first-order chi connectivity index (χ1) is 29.8. The number of imidazole rings is 1. The summed E-state index contributed by atoms with van der Waals surface area (Å²) in [5.41, 5.74) is 3.26. The van der Waals surface area contributed by atoms with Gasteiger partial charge in [-0.3, -0.25) is 33.6 Å². The number of hydrogen-bond acceptors (Lipinski definition) is 10. The largest absolute Gasteiger partial charge is 0.391 e. The number of aliphatic hydroxyl groups is 1. The van der Waals surface area contributed by atoms with Gasteiger partial charge in [-0.1, -0.05) is 46.5 Å². The Morgan fingerprint density at radius 3 is 2.29 bits per heavy atom. The zero-order valence-corrected chi connectivity index (χ0v) is 36.3. The second-order valence-electron chi connectivity index (χ2n) is 18.1. The first kappa shape index (κ1) is 44.6. The highest BCUT2D eigenvalue weighted by atomic mass is 19.1. The Bertz CT molecular complexity index is 2180. The number of rotatable bonds is 19. The third-order valence-corrected chi connectivity index (χ3v) is 12.1. The molecule has 1 aliphatic carbocycles. The molecule has 2 aliphatic heterocycles. The number of fused-ring (bicyclic) bond motifs is 1. The highest BCUT2D eigenvalue weighted by Gasteiger charge is 2.38. The Morgan fingerprint density at radius 1 is 0.919 bits per heavy atom. The molecule has 5 heterocycles. The van der Waals surface area contributed by atoms with Crippen molar-refractivity contribution in [1.82, 2.24) is 49.9 Å². The Hall–Kier alpha value is -5.42. The summed E-state index contributed by atoms with van der Waals surface area (Å²) in [6.45, 7) is 10.2. The number of likely N-dealkylation sites (tertiary alicyclic amines) is 1. The summed E-state index contributed by atoms with van der Waals surface area (Å²) in [6.07, 6.45) is 15.6. The molecular formula is C45H62FN11O5. The maximum Gasteiger partial charge on any atom is 0.254 e. The molecule has 1 saturated carbocycles. The summed E-state index contributed by atoms with van der Waals surface area (Å²) in [5.74, 6) is -0.201. The molecule has 334 valence electrons. The van der Waals surface area contributed by atoms with Crippen LogP contribution in [0.2, 0.25) is 0 Å². The van der Waals surface area contributed by atoms with E-state index >= 15 is 4.39 Å². The molecule has 1 aromatic carbocycles. The van der Waals surface area contributed by atoms with Crippen molar-refractivity contribution < 1.29 is 28.7 Å². The van der Waals surface area contributed by atoms with Crippen molar-refractivity contribution in [3.8, 4) is 11.3 Å². The lowest BCUT2D eigenvalue weighted by molar-refractivity contribution is -0.138. The average Bonchev–Trinajstić information content (AvgIpc) is 3.55. The Morgan fingerprint density at radius 2 is 1.65 bits per heavy atom. The van der Waals surface area contributed by atoms with Crippen LogP contribution < -0.4 is 16.0 Å². The number of aliphatic hydroxyl groups excluding tert-OH is 1. The third kappa shape index (κ3) is 11.5. The summed E-state index contributed by atoms with van der Waals surface area (Å²) >= 11 is 0. The number of carbonyl (C=O) groups is 4. The van der Waals surface area contributed by atoms with Crippen molar-refractivity contribution in [2.24, 2.45) is 5.41 Å². The van der Waals surface area contributed by atoms with Crippen LogP contribution in [0.5, 0.6) is 0 Å². The fourth-order valence-electron chi connectivity index (χ4n) is 8.23. The number of anilines is 2. The van der Waals surface area contributed by atoms with Gasteiger partial charge in [-0.25, -0.2) is 14.4 Å². The van der Waals surface area contributed by atoms with Gasteiger partial charge in [0.25, 0.3) is 5.91 Å². The number of β-amino-alcohol motifs (C(OH)–C–C–N with tert-alkyl or cyclic N) is 1. The molecule has 0 unspecified atom stereocenters. The van der Waals surface area contributed by atoms with Crippen LogP contribution in [-0.4, -0.2) is 133 Å². The van der Waals surface area contributed by atoms with Crippen LogP contribution in [0.3, 0.4) is 0 Å². The maximum absolute atomic E-state index is 15.6. The zero-order valence-electron chi connectivity index (χ0n) is 36.3. The second kappa shape index (κ2) is 20.2. The number of unbranched alkanes of at least 4 members (excludes halogenated alkanes) is 5. The van der Waals surface area contributed by atoms with Gasteiger partial charge in [-0.2, -0.15) is 5.10 Å². The number of H-pyrrole nitrogens is 1. The SMILES string of the molecule is CC(C)(C)[C@H](NC(=O)CCCCCCCCC(=O)NCCN1CCN(C(=O)c2ccc(Nc3nc(C4CC4)cn4c(-c5cn[nH]c5)cnc34)c(F)c2)CC1)C(=O)N1CC[C@@H](O)C1. The van der Waals surface area contributed by atoms with Crippen LogP contribution in [0.4, 0.5) is 15.9 Å². The molecule has 3 aliphatic rings. The Kier molecular flexibility index (Phi) is 14.5. The van der Waals surface area contributed by atoms with Gasteiger partial charge in [0, 0.05) is 94.6 Å². The van der Waals surface area contributed by atoms with Crippen molar-refractivity contribution in [3.63, 3.8) is 0 Å². The van der Waals surface area contributed by atoms with E-state index in [2.05, 4.69) is 36.0 Å². The monoisotopic (exact) mass is 855 g/mol. The molecule has 16 nitrogen and oxygen atoms in total. The molecule has 4 aromatic rings. The lowest BCUT2D eigenvalue weighted by Gasteiger charge is -2.34. The second-order valence-corrected chi connectivity index (χ2v) is 18.1. The van der Waals surface area contributed by atoms with Crippen LogP contribution in [0, 0.1) is 11.2 Å². The average molecular weight is 856 g/mol. The summed E-state index contributed by atoms with van der Waals surface area (Å²) in [7, 11) is 0. The van der Waals surface area contributed by atoms with E-state index in [1.165, 1.54) is 6.07 Å². The minimum absolute atomic E-state index is 0.0291. The fourth-order valence-corrected chi connectivity index (χ4v) is 8.23. The van der Waals surface area contributed by atoms with Gasteiger partial charge in [0.05, 0.1) is 35.6 Å². The van der Waals surface area contributed by atoms with Crippen molar-refractivity contribution in [1.29, 1.82) is 0 Å². The van der Waals surface area contributed by atoms with Gasteiger partial charge in [0.2, 0.25) is 17.7 Å². The highest BCUT2D eigenvalue weighted by Crippen LogP contribution is 2.40. The molecule has 4 amide bonds. The van der Waals surface area contributed by atoms with Crippen molar-refractivity contribution in [3.05, 3.63) is 60.1 Å². The molecule has 5 N–H and O–H groups in total. The molecule has 0 radical (unpaired) electrons. The van der Waals surface area contributed by atoms with Gasteiger partial charge < -0.3 is 30.9 Å². The predicted molar refractivity (Wildman–Crippen MR) is 233 cm³/mol. The van der Waals surface area contributed by atoms with Crippen LogP contribution >= 0.6 is 0 Å². The summed E-state index contributed by atoms with van der Waals surface area (Å²) in [6, 6.07) is 3.86. The van der Waals surface area contributed by atoms with Gasteiger partial charge in [0.15, 0.2) is 11.5 Å². The maximum atomic E-state index is 15.6. The van der Waals surface area contributed by atoms with E-state index < -0.39 is 23.4 Å². The van der Waals surface area contributed by atoms with Gasteiger partial charge in [0.1, 0.15) is 11.9 Å². The highest BCUT2D eigenvalue weighted by molar-refractivity contribution is 5.95. The topological polar surface area (TPSA) is 193 Å². The molecule has 2 saturated heterocycles. The molecule has 2 atom stereocenters. The number of nitrogens with zero attached hydrogens (tertiary/aromatic N) is 7. The minimum Gasteiger partial charge on any atom is -0.391 e. The normalized spacial score (nSPS) is 17.7. The van der Waals surface area contributed by atoms with E-state index in [9.17, 15) is 24.3 Å². The number of halogens is 1. The number of amides is 4. The van der Waals surface area contributed by atoms with Crippen LogP contribution in [0.15, 0.2) is 43.0 Å². The summed E-state index contributed by atoms with van der Waals surface area (Å²) in [5, 5.41) is 25.8. The fraction of sp³-hybridized carbons (Fsp3) is 0.578. The molecule has 3 fully saturated rings. The number of aromatic amines is 1. The first-order valence-corrected chi connectivity index (χ1v) is 22.3. The minimum atomic E-state index is -0.626. The van der Waals surface area contributed by atoms with Gasteiger partial charge in [-0.05, 0) is 55.7 Å². The number of hydrogen-bond donors (Lipinski definition) is 5. The zero-order chi connectivity index (χ0) is 43.8. The molecule has 0 spiro atoms. The van der Waals surface area contributed by atoms with E-state index in [-0.39, 0.29) is 34.9 Å². The number of aromatic nitrogens is 5. The molecule has 0 bridgehead atoms. The Balaban J connectivity index is 0.757. The van der Waals surface area contributed by atoms with Crippen molar-refractivity contribution >= 4 is 40.8 Å². The predicted octanol–water partition coefficient (Wildman–Crippen LogP) is 5.00. The first-order valence-electron chi connectivity index (χ1n) is 22.3. The van der Waals surface area contributed by atoms with Gasteiger partial charge >= 0.3 is 0 Å². The Labute approximate surface area is 362 Å². The van der Waals surface area contributed by atoms with Crippen LogP contribution in [0.1, 0.15) is 113 Å². The van der Waals surface area contributed by atoms with E-state index in [1.54, 1.807) is 40.5 Å². The summed E-state index contributed by atoms with van der Waals surface area (Å²) < 4.78 is 17.5. The van der Waals surface area contributed by atoms with Crippen molar-refractivity contribution in [2.75, 3.05) is 57.7 Å². The number of nitrogens with one attached hydrogen (secondary N) is 4. The summed E-state index contributed by atoms with van der Waals surface area (Å²) in [4.78, 5) is 66.6. The standard InChI is InChI=1S/C45H62FN11O5/c1-45(2,3)40(44(62)56-18-16-33(58)28-56)53-39(60)11-9-7-5-4-6-8-10-38(59)47-17-19-54-20-22-55(23-21-54)43(61)31-14-15-35(34(46)24-31)51-41-42-48-27-37(32-25-49-50-26-32)57(42)29-36(52-41)30-12-13-30/h14-15,24-27,29-30,33,40,58H,4-13,16-23,28H2,1-3H3,(H,47,59)(H,49,50)(H,51,52)(H,53,60)/t33-,40-/m1/s1. The lowest BCUT2D eigenvalue weighted by Crippen LogP contribution is -2.54. The van der Waals surface area contributed by atoms with Crippen molar-refractivity contribution in [2.45, 2.75) is 109 Å². The molecular weight excluding hydrogens is 794 g/mol. The number of carbonyl (C=O) groups excluding carboxylic acids is 4. The van der Waals surface area contributed by atoms with Crippen LogP contribution in [-0.2, 0) is 14.4 Å². The lowest BCUT2D eigenvalue weighted by atomic mass is 9.85. The number of benzene rings is 1. The van der Waals surface area contributed by atoms with E-state index in [4.69, 9.17) is 4.98 Å². The van der Waals surface area contributed by atoms with E-state index in [0.29, 0.717) is 89.0 Å².